The molecule has 1 heterocycles. The molecule has 1 nitrogen and oxygen atoms in total. The molecule has 128 valence electrons. The highest BCUT2D eigenvalue weighted by atomic mass is 16.5. The minimum Gasteiger partial charge on any atom is -0.457 e. The maximum Gasteiger partial charge on any atom is 0.132 e. The minimum atomic E-state index is -0.331. The molecule has 0 radical (unpaired) electrons. The Morgan fingerprint density at radius 1 is 0.556 bits per heavy atom. The van der Waals surface area contributed by atoms with Gasteiger partial charge in [-0.2, -0.15) is 0 Å². The van der Waals surface area contributed by atoms with Gasteiger partial charge in [0.15, 0.2) is 0 Å². The number of fused-ring (bicyclic) bond motifs is 9. The van der Waals surface area contributed by atoms with Gasteiger partial charge in [0, 0.05) is 11.1 Å². The van der Waals surface area contributed by atoms with Crippen molar-refractivity contribution in [3.63, 3.8) is 0 Å². The Bertz CT molecular complexity index is 1170. The van der Waals surface area contributed by atoms with E-state index >= 15 is 0 Å². The van der Waals surface area contributed by atoms with E-state index in [2.05, 4.69) is 97.9 Å². The van der Waals surface area contributed by atoms with Gasteiger partial charge >= 0.3 is 0 Å². The van der Waals surface area contributed by atoms with Gasteiger partial charge in [-0.15, -0.1) is 0 Å². The van der Waals surface area contributed by atoms with Crippen molar-refractivity contribution < 1.29 is 4.74 Å². The van der Waals surface area contributed by atoms with Gasteiger partial charge in [-0.05, 0) is 46.9 Å². The van der Waals surface area contributed by atoms with Gasteiger partial charge in [-0.25, -0.2) is 0 Å². The molecule has 0 unspecified atom stereocenters. The van der Waals surface area contributed by atoms with Crippen molar-refractivity contribution in [1.29, 1.82) is 0 Å². The summed E-state index contributed by atoms with van der Waals surface area (Å²) in [7, 11) is 0. The molecular weight excluding hydrogens is 328 g/mol. The second-order valence-corrected chi connectivity index (χ2v) is 7.39. The predicted octanol–water partition coefficient (Wildman–Crippen LogP) is 6.46. The lowest BCUT2D eigenvalue weighted by molar-refractivity contribution is 0.436. The van der Waals surface area contributed by atoms with Crippen LogP contribution in [0, 0.1) is 6.92 Å². The molecule has 0 amide bonds. The summed E-state index contributed by atoms with van der Waals surface area (Å²) >= 11 is 0. The Labute approximate surface area is 158 Å². The molecule has 1 heteroatoms. The normalized spacial score (nSPS) is 14.7. The molecule has 6 rings (SSSR count). The molecule has 0 bridgehead atoms. The Balaban J connectivity index is 1.89. The Hall–Kier alpha value is -3.32. The van der Waals surface area contributed by atoms with Crippen LogP contribution in [0.5, 0.6) is 11.5 Å². The number of hydrogen-bond acceptors (Lipinski definition) is 1. The van der Waals surface area contributed by atoms with E-state index in [4.69, 9.17) is 4.74 Å². The lowest BCUT2D eigenvalue weighted by Crippen LogP contribution is -2.32. The van der Waals surface area contributed by atoms with E-state index in [1.54, 1.807) is 0 Å². The summed E-state index contributed by atoms with van der Waals surface area (Å²) in [6.07, 6.45) is 0. The van der Waals surface area contributed by atoms with Crippen molar-refractivity contribution in [3.8, 4) is 22.6 Å². The second-order valence-electron chi connectivity index (χ2n) is 7.39. The average Bonchev–Trinajstić information content (AvgIpc) is 3.01. The molecule has 0 aromatic heterocycles. The number of aryl methyl sites for hydroxylation is 1. The maximum absolute atomic E-state index is 6.33. The van der Waals surface area contributed by atoms with Gasteiger partial charge in [0.1, 0.15) is 11.5 Å². The fourth-order valence-electron chi connectivity index (χ4n) is 5.12. The zero-order valence-electron chi connectivity index (χ0n) is 15.1. The fraction of sp³-hybridized carbons (Fsp3) is 0.0769. The van der Waals surface area contributed by atoms with Crippen LogP contribution in [0.1, 0.15) is 27.8 Å². The van der Waals surface area contributed by atoms with Gasteiger partial charge in [0.2, 0.25) is 0 Å². The van der Waals surface area contributed by atoms with Crippen LogP contribution >= 0.6 is 0 Å². The molecule has 0 fully saturated rings. The average molecular weight is 346 g/mol. The Kier molecular flexibility index (Phi) is 2.80. The van der Waals surface area contributed by atoms with Crippen molar-refractivity contribution in [2.24, 2.45) is 0 Å². The van der Waals surface area contributed by atoms with Crippen molar-refractivity contribution in [3.05, 3.63) is 119 Å². The van der Waals surface area contributed by atoms with Crippen LogP contribution in [0.4, 0.5) is 0 Å². The molecule has 2 aliphatic rings. The third-order valence-electron chi connectivity index (χ3n) is 6.07. The molecule has 0 saturated heterocycles. The van der Waals surface area contributed by atoms with E-state index in [0.717, 1.165) is 11.5 Å². The molecule has 0 N–H and O–H groups in total. The van der Waals surface area contributed by atoms with Crippen LogP contribution in [0.15, 0.2) is 91.0 Å². The minimum absolute atomic E-state index is 0.331. The van der Waals surface area contributed by atoms with E-state index in [0.29, 0.717) is 0 Å². The topological polar surface area (TPSA) is 9.23 Å². The predicted molar refractivity (Wildman–Crippen MR) is 109 cm³/mol. The molecule has 4 aromatic rings. The lowest BCUT2D eigenvalue weighted by Gasteiger charge is -2.40. The third kappa shape index (κ3) is 1.69. The Morgan fingerprint density at radius 3 is 1.81 bits per heavy atom. The summed E-state index contributed by atoms with van der Waals surface area (Å²) in [5.41, 5.74) is 8.82. The summed E-state index contributed by atoms with van der Waals surface area (Å²) in [5, 5.41) is 0. The number of para-hydroxylation sites is 2. The van der Waals surface area contributed by atoms with Crippen molar-refractivity contribution >= 4 is 0 Å². The second kappa shape index (κ2) is 5.11. The monoisotopic (exact) mass is 346 g/mol. The van der Waals surface area contributed by atoms with Crippen LogP contribution in [0.25, 0.3) is 11.1 Å². The van der Waals surface area contributed by atoms with Gasteiger partial charge in [-0.1, -0.05) is 78.9 Å². The quantitative estimate of drug-likeness (QED) is 0.306. The number of benzene rings is 4. The van der Waals surface area contributed by atoms with Crippen molar-refractivity contribution in [2.75, 3.05) is 0 Å². The van der Waals surface area contributed by atoms with E-state index in [1.807, 2.05) is 0 Å². The fourth-order valence-corrected chi connectivity index (χ4v) is 5.12. The standard InChI is InChI=1S/C26H18O/c1-17-9-8-11-19-18-10-2-3-12-20(18)26(25(17)19)21-13-4-6-15-23(21)27-24-16-7-5-14-22(24)26/h2-16H,1H3. The summed E-state index contributed by atoms with van der Waals surface area (Å²) in [5.74, 6) is 1.89. The van der Waals surface area contributed by atoms with Crippen molar-refractivity contribution in [2.45, 2.75) is 12.3 Å². The van der Waals surface area contributed by atoms with Crippen LogP contribution in [0.3, 0.4) is 0 Å². The van der Waals surface area contributed by atoms with Gasteiger partial charge in [0.05, 0.1) is 5.41 Å². The molecule has 0 saturated carbocycles. The SMILES string of the molecule is Cc1cccc2c1C1(c3ccccc3Oc3ccccc31)c1ccccc1-2. The maximum atomic E-state index is 6.33. The Morgan fingerprint density at radius 2 is 1.11 bits per heavy atom. The first-order chi connectivity index (χ1) is 13.3. The highest BCUT2D eigenvalue weighted by Gasteiger charge is 2.51. The van der Waals surface area contributed by atoms with Crippen LogP contribution < -0.4 is 4.74 Å². The number of ether oxygens (including phenoxy) is 1. The zero-order valence-corrected chi connectivity index (χ0v) is 15.1. The highest BCUT2D eigenvalue weighted by molar-refractivity contribution is 5.89. The molecule has 4 aromatic carbocycles. The summed E-state index contributed by atoms with van der Waals surface area (Å²) in [6.45, 7) is 2.23. The number of hydrogen-bond donors (Lipinski definition) is 0. The van der Waals surface area contributed by atoms with E-state index in [1.165, 1.54) is 38.9 Å². The first-order valence-electron chi connectivity index (χ1n) is 9.38. The first kappa shape index (κ1) is 14.8. The third-order valence-corrected chi connectivity index (χ3v) is 6.07. The van der Waals surface area contributed by atoms with Crippen LogP contribution in [0.2, 0.25) is 0 Å². The molecule has 1 aliphatic heterocycles. The summed E-state index contributed by atoms with van der Waals surface area (Å²) < 4.78 is 6.33. The summed E-state index contributed by atoms with van der Waals surface area (Å²) in [6, 6.07) is 32.5. The molecule has 27 heavy (non-hydrogen) atoms. The van der Waals surface area contributed by atoms with Gasteiger partial charge in [0.25, 0.3) is 0 Å². The van der Waals surface area contributed by atoms with E-state index in [-0.39, 0.29) is 5.41 Å². The highest BCUT2D eigenvalue weighted by Crippen LogP contribution is 2.62. The van der Waals surface area contributed by atoms with Gasteiger partial charge in [-0.3, -0.25) is 0 Å². The van der Waals surface area contributed by atoms with E-state index in [9.17, 15) is 0 Å². The molecule has 1 spiro atoms. The molecule has 1 aliphatic carbocycles. The largest absolute Gasteiger partial charge is 0.457 e. The smallest absolute Gasteiger partial charge is 0.132 e. The van der Waals surface area contributed by atoms with Gasteiger partial charge < -0.3 is 4.74 Å². The van der Waals surface area contributed by atoms with Crippen LogP contribution in [-0.2, 0) is 5.41 Å². The van der Waals surface area contributed by atoms with E-state index < -0.39 is 0 Å². The number of rotatable bonds is 0. The lowest BCUT2D eigenvalue weighted by atomic mass is 9.65. The first-order valence-corrected chi connectivity index (χ1v) is 9.38. The van der Waals surface area contributed by atoms with Crippen molar-refractivity contribution in [1.82, 2.24) is 0 Å². The zero-order chi connectivity index (χ0) is 18.0. The molecule has 0 atom stereocenters. The van der Waals surface area contributed by atoms with Crippen LogP contribution in [-0.4, -0.2) is 0 Å². The summed E-state index contributed by atoms with van der Waals surface area (Å²) in [4.78, 5) is 0. The molecular formula is C26H18O.